The largest absolute Gasteiger partial charge is 0.346 e. The molecule has 1 unspecified atom stereocenters. The molecule has 0 bridgehead atoms. The first-order chi connectivity index (χ1) is 21.9. The van der Waals surface area contributed by atoms with Crippen molar-refractivity contribution in [2.24, 2.45) is 28.6 Å². The van der Waals surface area contributed by atoms with Gasteiger partial charge < -0.3 is 15.5 Å². The molecule has 1 aliphatic heterocycles. The highest BCUT2D eigenvalue weighted by Gasteiger charge is 2.70. The van der Waals surface area contributed by atoms with Crippen LogP contribution in [0.2, 0.25) is 0 Å². The van der Waals surface area contributed by atoms with Gasteiger partial charge in [0, 0.05) is 31.5 Å². The van der Waals surface area contributed by atoms with Gasteiger partial charge in [0.15, 0.2) is 9.84 Å². The second kappa shape index (κ2) is 13.0. The van der Waals surface area contributed by atoms with Crippen LogP contribution in [0, 0.1) is 28.6 Å². The van der Waals surface area contributed by atoms with Gasteiger partial charge in [-0.25, -0.2) is 17.2 Å². The number of carbonyl (C=O) groups is 4. The first-order valence-corrected chi connectivity index (χ1v) is 18.9. The van der Waals surface area contributed by atoms with Gasteiger partial charge in [0.2, 0.25) is 23.5 Å². The van der Waals surface area contributed by atoms with Crippen LogP contribution in [-0.2, 0) is 29.0 Å². The van der Waals surface area contributed by atoms with E-state index in [9.17, 15) is 36.4 Å². The van der Waals surface area contributed by atoms with Crippen LogP contribution in [0.4, 0.5) is 8.78 Å². The van der Waals surface area contributed by atoms with Gasteiger partial charge in [-0.15, -0.1) is 6.58 Å². The monoisotopic (exact) mass is 698 g/mol. The second-order valence-corrected chi connectivity index (χ2v) is 20.2. The smallest absolute Gasteiger partial charge is 0.289 e. The first-order valence-electron chi connectivity index (χ1n) is 17.3. The summed E-state index contributed by atoms with van der Waals surface area (Å²) in [6.45, 7) is 18.2. The van der Waals surface area contributed by atoms with Crippen LogP contribution < -0.4 is 16.0 Å². The van der Waals surface area contributed by atoms with Crippen molar-refractivity contribution in [2.75, 3.05) is 18.8 Å². The summed E-state index contributed by atoms with van der Waals surface area (Å²) in [6.07, 6.45) is 2.31. The third-order valence-electron chi connectivity index (χ3n) is 11.2. The van der Waals surface area contributed by atoms with Crippen molar-refractivity contribution in [1.82, 2.24) is 20.9 Å². The number of ketones is 1. The zero-order valence-electron chi connectivity index (χ0n) is 29.9. The van der Waals surface area contributed by atoms with Crippen LogP contribution in [-0.4, -0.2) is 90.0 Å². The molecule has 3 aliphatic carbocycles. The van der Waals surface area contributed by atoms with E-state index >= 15 is 0 Å². The Bertz CT molecular complexity index is 1400. The molecule has 3 N–H and O–H groups in total. The summed E-state index contributed by atoms with van der Waals surface area (Å²) in [5.41, 5.74) is -2.30. The van der Waals surface area contributed by atoms with E-state index < -0.39 is 91.7 Å². The molecule has 0 radical (unpaired) electrons. The Labute approximate surface area is 284 Å². The van der Waals surface area contributed by atoms with Crippen LogP contribution in [0.15, 0.2) is 12.7 Å². The van der Waals surface area contributed by atoms with Crippen molar-refractivity contribution >= 4 is 33.3 Å². The van der Waals surface area contributed by atoms with E-state index in [4.69, 9.17) is 0 Å². The van der Waals surface area contributed by atoms with Crippen molar-refractivity contribution in [1.29, 1.82) is 0 Å². The molecule has 0 aromatic rings. The number of likely N-dealkylation sites (tertiary alicyclic amines) is 1. The van der Waals surface area contributed by atoms with Gasteiger partial charge in [-0.1, -0.05) is 53.5 Å². The Morgan fingerprint density at radius 2 is 1.58 bits per heavy atom. The van der Waals surface area contributed by atoms with Crippen molar-refractivity contribution in [3.05, 3.63) is 12.7 Å². The molecular formula is C35H56F2N4O6S. The number of rotatable bonds is 13. The topological polar surface area (TPSA) is 142 Å². The zero-order chi connectivity index (χ0) is 36.3. The van der Waals surface area contributed by atoms with Crippen molar-refractivity contribution < 1.29 is 36.4 Å². The normalized spacial score (nSPS) is 27.3. The number of halogens is 2. The maximum absolute atomic E-state index is 14.7. The molecule has 5 atom stereocenters. The van der Waals surface area contributed by atoms with Gasteiger partial charge in [0.25, 0.3) is 5.91 Å². The molecule has 0 spiro atoms. The minimum absolute atomic E-state index is 0.0230. The first kappa shape index (κ1) is 38.4. The number of carbonyl (C=O) groups excluding carboxylic acids is 4. The molecule has 4 aliphatic rings. The van der Waals surface area contributed by atoms with Gasteiger partial charge in [0.1, 0.15) is 6.04 Å². The molecule has 4 rings (SSSR count). The summed E-state index contributed by atoms with van der Waals surface area (Å²) in [7, 11) is -3.78. The molecular weight excluding hydrogens is 642 g/mol. The maximum Gasteiger partial charge on any atom is 0.289 e. The fourth-order valence-corrected chi connectivity index (χ4v) is 9.06. The number of alkyl halides is 2. The number of sulfone groups is 1. The van der Waals surface area contributed by atoms with E-state index in [1.54, 1.807) is 20.8 Å². The number of amides is 3. The van der Waals surface area contributed by atoms with E-state index in [-0.39, 0.29) is 49.1 Å². The maximum atomic E-state index is 14.7. The van der Waals surface area contributed by atoms with E-state index in [1.807, 2.05) is 34.6 Å². The van der Waals surface area contributed by atoms with Gasteiger partial charge in [-0.2, -0.15) is 0 Å². The Morgan fingerprint density at radius 3 is 2.08 bits per heavy atom. The van der Waals surface area contributed by atoms with E-state index in [0.717, 1.165) is 12.8 Å². The SMILES string of the molecule is C=CCNC(=O)C(=O)C(CC1CC1)NC(=O)[C@@H]1[C@@H]2[C@H](CN1C(=O)[C@@H](NC1(CS(=O)(=O)C(C)(C)C)CCC(F)(F)CC1)C(C)(C)C)C2(C)C. The van der Waals surface area contributed by atoms with Crippen molar-refractivity contribution in [3.8, 4) is 0 Å². The molecule has 3 saturated carbocycles. The van der Waals surface area contributed by atoms with Crippen LogP contribution in [0.3, 0.4) is 0 Å². The summed E-state index contributed by atoms with van der Waals surface area (Å²) < 4.78 is 54.8. The highest BCUT2D eigenvalue weighted by molar-refractivity contribution is 7.92. The number of nitrogens with zero attached hydrogens (tertiary/aromatic N) is 1. The number of hydrogen-bond acceptors (Lipinski definition) is 7. The number of piperidine rings is 1. The van der Waals surface area contributed by atoms with Crippen molar-refractivity contribution in [2.45, 2.75) is 135 Å². The molecule has 272 valence electrons. The number of hydrogen-bond donors (Lipinski definition) is 3. The summed E-state index contributed by atoms with van der Waals surface area (Å²) in [6, 6.07) is -2.96. The Hall–Kier alpha value is -2.41. The summed E-state index contributed by atoms with van der Waals surface area (Å²) in [4.78, 5) is 56.1. The molecule has 1 heterocycles. The molecule has 1 saturated heterocycles. The molecule has 3 amide bonds. The Kier molecular flexibility index (Phi) is 10.4. The quantitative estimate of drug-likeness (QED) is 0.196. The lowest BCUT2D eigenvalue weighted by atomic mass is 9.77. The predicted molar refractivity (Wildman–Crippen MR) is 180 cm³/mol. The van der Waals surface area contributed by atoms with Crippen LogP contribution in [0.1, 0.15) is 100 Å². The highest BCUT2D eigenvalue weighted by atomic mass is 32.2. The molecule has 13 heteroatoms. The number of fused-ring (bicyclic) bond motifs is 1. The lowest BCUT2D eigenvalue weighted by molar-refractivity contribution is -0.146. The van der Waals surface area contributed by atoms with Gasteiger partial charge >= 0.3 is 0 Å². The predicted octanol–water partition coefficient (Wildman–Crippen LogP) is 3.79. The van der Waals surface area contributed by atoms with Gasteiger partial charge in [-0.3, -0.25) is 24.5 Å². The Balaban J connectivity index is 1.64. The molecule has 0 aromatic heterocycles. The fourth-order valence-electron chi connectivity index (χ4n) is 7.52. The van der Waals surface area contributed by atoms with Gasteiger partial charge in [-0.05, 0) is 68.6 Å². The molecule has 10 nitrogen and oxygen atoms in total. The minimum atomic E-state index is -3.78. The summed E-state index contributed by atoms with van der Waals surface area (Å²) >= 11 is 0. The summed E-state index contributed by atoms with van der Waals surface area (Å²) in [5.74, 6) is -5.75. The zero-order valence-corrected chi connectivity index (χ0v) is 30.7. The van der Waals surface area contributed by atoms with Crippen LogP contribution in [0.5, 0.6) is 0 Å². The highest BCUT2D eigenvalue weighted by Crippen LogP contribution is 2.65. The lowest BCUT2D eigenvalue weighted by Gasteiger charge is -2.47. The average Bonchev–Trinajstić information content (AvgIpc) is 3.81. The van der Waals surface area contributed by atoms with Crippen LogP contribution in [0.25, 0.3) is 0 Å². The molecule has 48 heavy (non-hydrogen) atoms. The third kappa shape index (κ3) is 8.13. The van der Waals surface area contributed by atoms with Crippen LogP contribution >= 0.6 is 0 Å². The third-order valence-corrected chi connectivity index (χ3v) is 14.0. The standard InChI is InChI=1S/C35H56F2N4O6S/c1-10-17-38-29(44)26(42)23(18-21-11-12-21)39-28(43)25-24-22(33(24,8)9)19-41(25)30(45)27(31(2,3)4)40-34(13-15-35(36,37)16-14-34)20-48(46,47)32(5,6)7/h10,21-25,27,40H,1,11-20H2,2-9H3,(H,38,44)(H,39,43)/t22-,23?,24-,25-,27+/m0/s1. The Morgan fingerprint density at radius 1 is 1.00 bits per heavy atom. The van der Waals surface area contributed by atoms with E-state index in [0.29, 0.717) is 6.42 Å². The summed E-state index contributed by atoms with van der Waals surface area (Å²) in [5, 5.41) is 8.67. The fraction of sp³-hybridized carbons (Fsp3) is 0.829. The van der Waals surface area contributed by atoms with E-state index in [1.165, 1.54) is 11.0 Å². The minimum Gasteiger partial charge on any atom is -0.346 e. The van der Waals surface area contributed by atoms with Gasteiger partial charge in [0.05, 0.1) is 22.6 Å². The van der Waals surface area contributed by atoms with E-state index in [2.05, 4.69) is 22.5 Å². The molecule has 0 aromatic carbocycles. The molecule has 4 fully saturated rings. The van der Waals surface area contributed by atoms with Crippen molar-refractivity contribution in [3.63, 3.8) is 0 Å². The number of nitrogens with one attached hydrogen (secondary N) is 3. The average molecular weight is 699 g/mol. The second-order valence-electron chi connectivity index (χ2n) is 17.4. The lowest BCUT2D eigenvalue weighted by Crippen LogP contribution is -2.66. The number of Topliss-reactive ketones (excluding diaryl/α,β-unsaturated/α-hetero) is 1.